The number of methoxy groups -OCH3 is 2. The van der Waals surface area contributed by atoms with Crippen molar-refractivity contribution < 1.29 is 19.1 Å². The molecule has 0 saturated heterocycles. The lowest BCUT2D eigenvalue weighted by Gasteiger charge is -2.03. The average Bonchev–Trinajstić information content (AvgIpc) is 2.71. The molecular formula is C22H27ClO4. The monoisotopic (exact) mass is 390 g/mol. The molecule has 0 aliphatic carbocycles. The largest absolute Gasteiger partial charge is 0.465 e. The summed E-state index contributed by atoms with van der Waals surface area (Å²) in [6.45, 7) is 2.21. The molecule has 0 N–H and O–H groups in total. The maximum Gasteiger partial charge on any atom is 0.337 e. The SMILES string of the molecule is CCCCCCc1ccc(C(=O)OC)cc1.COC(=O)c1ccc(Cl)cc1. The molecule has 0 atom stereocenters. The van der Waals surface area contributed by atoms with Crippen LogP contribution in [0, 0.1) is 0 Å². The molecule has 0 heterocycles. The van der Waals surface area contributed by atoms with Crippen molar-refractivity contribution in [3.63, 3.8) is 0 Å². The molecule has 146 valence electrons. The number of carbonyl (C=O) groups excluding carboxylic acids is 2. The summed E-state index contributed by atoms with van der Waals surface area (Å²) in [5.74, 6) is -0.612. The number of benzene rings is 2. The number of hydrogen-bond donors (Lipinski definition) is 0. The number of hydrogen-bond acceptors (Lipinski definition) is 4. The minimum Gasteiger partial charge on any atom is -0.465 e. The molecule has 27 heavy (non-hydrogen) atoms. The van der Waals surface area contributed by atoms with E-state index in [-0.39, 0.29) is 11.9 Å². The summed E-state index contributed by atoms with van der Waals surface area (Å²) in [6.07, 6.45) is 6.18. The highest BCUT2D eigenvalue weighted by atomic mass is 35.5. The zero-order valence-electron chi connectivity index (χ0n) is 16.2. The Balaban J connectivity index is 0.000000289. The van der Waals surface area contributed by atoms with Gasteiger partial charge < -0.3 is 9.47 Å². The third kappa shape index (κ3) is 8.74. The van der Waals surface area contributed by atoms with E-state index in [1.807, 2.05) is 24.3 Å². The molecule has 0 fully saturated rings. The molecule has 0 amide bonds. The van der Waals surface area contributed by atoms with E-state index in [4.69, 9.17) is 11.6 Å². The zero-order valence-corrected chi connectivity index (χ0v) is 16.9. The highest BCUT2D eigenvalue weighted by molar-refractivity contribution is 6.30. The average molecular weight is 391 g/mol. The van der Waals surface area contributed by atoms with Crippen molar-refractivity contribution in [3.05, 3.63) is 70.2 Å². The Morgan fingerprint density at radius 1 is 0.778 bits per heavy atom. The lowest BCUT2D eigenvalue weighted by molar-refractivity contribution is 0.0592. The Kier molecular flexibility index (Phi) is 10.9. The Bertz CT molecular complexity index is 693. The van der Waals surface area contributed by atoms with Gasteiger partial charge in [-0.05, 0) is 54.8 Å². The van der Waals surface area contributed by atoms with E-state index in [0.29, 0.717) is 16.1 Å². The van der Waals surface area contributed by atoms with E-state index in [9.17, 15) is 9.59 Å². The van der Waals surface area contributed by atoms with Crippen molar-refractivity contribution >= 4 is 23.5 Å². The Morgan fingerprint density at radius 3 is 1.70 bits per heavy atom. The van der Waals surface area contributed by atoms with Crippen LogP contribution in [0.1, 0.15) is 58.9 Å². The summed E-state index contributed by atoms with van der Waals surface area (Å²) in [5, 5.41) is 0.609. The predicted octanol–water partition coefficient (Wildman–Crippen LogP) is 5.72. The number of esters is 2. The molecule has 0 aromatic heterocycles. The third-order valence-corrected chi connectivity index (χ3v) is 4.21. The summed E-state index contributed by atoms with van der Waals surface area (Å²) in [4.78, 5) is 22.1. The predicted molar refractivity (Wildman–Crippen MR) is 108 cm³/mol. The quantitative estimate of drug-likeness (QED) is 0.448. The van der Waals surface area contributed by atoms with E-state index in [1.54, 1.807) is 24.3 Å². The first-order chi connectivity index (χ1) is 13.0. The Hall–Kier alpha value is -2.33. The first kappa shape index (κ1) is 22.7. The van der Waals surface area contributed by atoms with Crippen molar-refractivity contribution in [1.29, 1.82) is 0 Å². The van der Waals surface area contributed by atoms with Gasteiger partial charge >= 0.3 is 11.9 Å². The lowest BCUT2D eigenvalue weighted by atomic mass is 10.0. The molecule has 0 aliphatic heterocycles. The number of unbranched alkanes of at least 4 members (excludes halogenated alkanes) is 3. The van der Waals surface area contributed by atoms with Crippen LogP contribution in [0.2, 0.25) is 5.02 Å². The van der Waals surface area contributed by atoms with Gasteiger partial charge in [-0.3, -0.25) is 0 Å². The van der Waals surface area contributed by atoms with Crippen LogP contribution in [0.3, 0.4) is 0 Å². The van der Waals surface area contributed by atoms with Gasteiger partial charge in [-0.1, -0.05) is 49.9 Å². The summed E-state index contributed by atoms with van der Waals surface area (Å²) in [7, 11) is 2.75. The number of aryl methyl sites for hydroxylation is 1. The summed E-state index contributed by atoms with van der Waals surface area (Å²) < 4.78 is 9.14. The second-order valence-corrected chi connectivity index (χ2v) is 6.43. The zero-order chi connectivity index (χ0) is 20.1. The van der Waals surface area contributed by atoms with Crippen LogP contribution < -0.4 is 0 Å². The molecule has 5 heteroatoms. The fourth-order valence-electron chi connectivity index (χ4n) is 2.39. The molecule has 0 radical (unpaired) electrons. The second-order valence-electron chi connectivity index (χ2n) is 6.00. The van der Waals surface area contributed by atoms with Gasteiger partial charge in [-0.2, -0.15) is 0 Å². The van der Waals surface area contributed by atoms with Crippen LogP contribution in [-0.4, -0.2) is 26.2 Å². The molecule has 0 unspecified atom stereocenters. The number of carbonyl (C=O) groups is 2. The van der Waals surface area contributed by atoms with Crippen LogP contribution in [-0.2, 0) is 15.9 Å². The van der Waals surface area contributed by atoms with Crippen molar-refractivity contribution in [2.75, 3.05) is 14.2 Å². The highest BCUT2D eigenvalue weighted by Crippen LogP contribution is 2.11. The topological polar surface area (TPSA) is 52.6 Å². The van der Waals surface area contributed by atoms with E-state index in [1.165, 1.54) is 45.5 Å². The van der Waals surface area contributed by atoms with E-state index in [2.05, 4.69) is 16.4 Å². The molecule has 0 saturated carbocycles. The van der Waals surface area contributed by atoms with Gasteiger partial charge in [0.1, 0.15) is 0 Å². The number of halogens is 1. The number of ether oxygens (including phenoxy) is 2. The molecule has 2 rings (SSSR count). The van der Waals surface area contributed by atoms with Gasteiger partial charge in [0, 0.05) is 5.02 Å². The Labute approximate surface area is 166 Å². The molecule has 4 nitrogen and oxygen atoms in total. The smallest absolute Gasteiger partial charge is 0.337 e. The van der Waals surface area contributed by atoms with Crippen LogP contribution >= 0.6 is 11.6 Å². The lowest BCUT2D eigenvalue weighted by Crippen LogP contribution is -2.00. The minimum absolute atomic E-state index is 0.266. The van der Waals surface area contributed by atoms with E-state index >= 15 is 0 Å². The number of rotatable bonds is 7. The Morgan fingerprint density at radius 2 is 1.26 bits per heavy atom. The van der Waals surface area contributed by atoms with Gasteiger partial charge in [0.25, 0.3) is 0 Å². The van der Waals surface area contributed by atoms with Crippen molar-refractivity contribution in [3.8, 4) is 0 Å². The van der Waals surface area contributed by atoms with Crippen LogP contribution in [0.4, 0.5) is 0 Å². The standard InChI is InChI=1S/C14H20O2.C8H7ClO2/c1-3-4-5-6-7-12-8-10-13(11-9-12)14(15)16-2;1-11-8(10)6-2-4-7(9)5-3-6/h8-11H,3-7H2,1-2H3;2-5H,1H3. The van der Waals surface area contributed by atoms with Gasteiger partial charge in [-0.15, -0.1) is 0 Å². The van der Waals surface area contributed by atoms with Gasteiger partial charge in [0.15, 0.2) is 0 Å². The summed E-state index contributed by atoms with van der Waals surface area (Å²) in [6, 6.07) is 14.2. The first-order valence-corrected chi connectivity index (χ1v) is 9.40. The molecule has 2 aromatic carbocycles. The van der Waals surface area contributed by atoms with Gasteiger partial charge in [0.05, 0.1) is 25.3 Å². The first-order valence-electron chi connectivity index (χ1n) is 9.03. The van der Waals surface area contributed by atoms with E-state index in [0.717, 1.165) is 6.42 Å². The maximum atomic E-state index is 11.2. The molecule has 2 aromatic rings. The fourth-order valence-corrected chi connectivity index (χ4v) is 2.51. The van der Waals surface area contributed by atoms with E-state index < -0.39 is 0 Å². The molecule has 0 spiro atoms. The molecule has 0 aliphatic rings. The highest BCUT2D eigenvalue weighted by Gasteiger charge is 2.04. The third-order valence-electron chi connectivity index (χ3n) is 3.96. The van der Waals surface area contributed by atoms with Crippen LogP contribution in [0.25, 0.3) is 0 Å². The van der Waals surface area contributed by atoms with Crippen LogP contribution in [0.15, 0.2) is 48.5 Å². The summed E-state index contributed by atoms with van der Waals surface area (Å²) >= 11 is 5.61. The normalized spacial score (nSPS) is 9.78. The van der Waals surface area contributed by atoms with Crippen molar-refractivity contribution in [1.82, 2.24) is 0 Å². The molecule has 0 bridgehead atoms. The summed E-state index contributed by atoms with van der Waals surface area (Å²) in [5.41, 5.74) is 2.43. The van der Waals surface area contributed by atoms with Crippen molar-refractivity contribution in [2.24, 2.45) is 0 Å². The van der Waals surface area contributed by atoms with Crippen LogP contribution in [0.5, 0.6) is 0 Å². The maximum absolute atomic E-state index is 11.2. The van der Waals surface area contributed by atoms with Gasteiger partial charge in [-0.25, -0.2) is 9.59 Å². The van der Waals surface area contributed by atoms with Gasteiger partial charge in [0.2, 0.25) is 0 Å². The van der Waals surface area contributed by atoms with Crippen molar-refractivity contribution in [2.45, 2.75) is 39.0 Å². The second kappa shape index (κ2) is 12.9. The fraction of sp³-hybridized carbons (Fsp3) is 0.364. The minimum atomic E-state index is -0.346. The molecular weight excluding hydrogens is 364 g/mol.